The lowest BCUT2D eigenvalue weighted by Gasteiger charge is -2.64. The lowest BCUT2D eigenvalue weighted by Crippen LogP contribution is -2.68. The Bertz CT molecular complexity index is 598. The van der Waals surface area contributed by atoms with Crippen molar-refractivity contribution in [2.75, 3.05) is 0 Å². The number of hydrogen-bond acceptors (Lipinski definition) is 3. The van der Waals surface area contributed by atoms with Gasteiger partial charge in [-0.15, -0.1) is 6.58 Å². The molecule has 3 aliphatic carbocycles. The molecule has 0 spiro atoms. The molecule has 0 aromatic carbocycles. The topological polar surface area (TPSA) is 74.6 Å². The number of carboxylic acids is 1. The number of carbonyl (C=O) groups excluding carboxylic acids is 1. The second kappa shape index (κ2) is 5.17. The summed E-state index contributed by atoms with van der Waals surface area (Å²) in [5.41, 5.74) is -2.66. The molecule has 2 N–H and O–H groups in total. The fraction of sp³-hybridized carbons (Fsp3) is 0.800. The van der Waals surface area contributed by atoms with Gasteiger partial charge in [0.1, 0.15) is 5.78 Å². The van der Waals surface area contributed by atoms with Crippen molar-refractivity contribution < 1.29 is 19.8 Å². The van der Waals surface area contributed by atoms with Gasteiger partial charge >= 0.3 is 5.97 Å². The monoisotopic (exact) mass is 334 g/mol. The summed E-state index contributed by atoms with van der Waals surface area (Å²) in [5.74, 6) is -1.48. The number of fused-ring (bicyclic) bond motifs is 3. The van der Waals surface area contributed by atoms with Crippen LogP contribution < -0.4 is 0 Å². The van der Waals surface area contributed by atoms with Crippen LogP contribution in [0.15, 0.2) is 12.7 Å². The molecule has 0 bridgehead atoms. The molecule has 0 amide bonds. The molecular formula is C20H30O4. The summed E-state index contributed by atoms with van der Waals surface area (Å²) in [7, 11) is 0. The third-order valence-electron chi connectivity index (χ3n) is 8.02. The zero-order valence-electron chi connectivity index (χ0n) is 15.1. The van der Waals surface area contributed by atoms with Crippen molar-refractivity contribution in [3.63, 3.8) is 0 Å². The van der Waals surface area contributed by atoms with E-state index in [1.807, 2.05) is 13.0 Å². The maximum absolute atomic E-state index is 13.0. The predicted octanol–water partition coefficient (Wildman–Crippen LogP) is 3.58. The van der Waals surface area contributed by atoms with E-state index in [1.165, 1.54) is 0 Å². The van der Waals surface area contributed by atoms with Crippen LogP contribution in [0.5, 0.6) is 0 Å². The summed E-state index contributed by atoms with van der Waals surface area (Å²) < 4.78 is 0. The van der Waals surface area contributed by atoms with Gasteiger partial charge in [0.25, 0.3) is 0 Å². The first-order valence-corrected chi connectivity index (χ1v) is 9.14. The van der Waals surface area contributed by atoms with Crippen LogP contribution in [-0.2, 0) is 9.59 Å². The standard InChI is InChI=1S/C20H30O4/c1-5-17(2)9-10-20(24)13(12-17)14(21)11-15-18(3,16(22)23)7-6-8-19(15,20)4/h5,13,15,24H,1,6-12H2,2-4H3,(H,22,23)/t13-,15?,17+,18+,19+,20+/m0/s1. The Hall–Kier alpha value is -1.16. The molecule has 3 saturated carbocycles. The van der Waals surface area contributed by atoms with Gasteiger partial charge in [-0.25, -0.2) is 0 Å². The molecule has 134 valence electrons. The summed E-state index contributed by atoms with van der Waals surface area (Å²) in [6.07, 6.45) is 6.33. The Morgan fingerprint density at radius 2 is 1.88 bits per heavy atom. The van der Waals surface area contributed by atoms with Gasteiger partial charge in [-0.05, 0) is 50.4 Å². The zero-order chi connectivity index (χ0) is 18.0. The molecule has 3 aliphatic rings. The van der Waals surface area contributed by atoms with Crippen LogP contribution in [-0.4, -0.2) is 27.6 Å². The van der Waals surface area contributed by atoms with E-state index in [4.69, 9.17) is 0 Å². The number of hydrogen-bond donors (Lipinski definition) is 2. The van der Waals surface area contributed by atoms with Gasteiger partial charge in [-0.2, -0.15) is 0 Å². The third kappa shape index (κ3) is 2.08. The van der Waals surface area contributed by atoms with Crippen LogP contribution in [0.2, 0.25) is 0 Å². The minimum absolute atomic E-state index is 0.0436. The predicted molar refractivity (Wildman–Crippen MR) is 91.4 cm³/mol. The van der Waals surface area contributed by atoms with Gasteiger partial charge in [0.15, 0.2) is 0 Å². The van der Waals surface area contributed by atoms with Crippen molar-refractivity contribution in [1.82, 2.24) is 0 Å². The molecule has 3 fully saturated rings. The highest BCUT2D eigenvalue weighted by atomic mass is 16.4. The number of carboxylic acid groups (broad SMARTS) is 1. The highest BCUT2D eigenvalue weighted by Gasteiger charge is 2.68. The van der Waals surface area contributed by atoms with Crippen LogP contribution in [0.3, 0.4) is 0 Å². The molecule has 4 heteroatoms. The number of aliphatic hydroxyl groups is 1. The van der Waals surface area contributed by atoms with Crippen molar-refractivity contribution in [3.8, 4) is 0 Å². The first kappa shape index (κ1) is 17.7. The summed E-state index contributed by atoms with van der Waals surface area (Å²) in [6.45, 7) is 9.82. The molecule has 0 saturated heterocycles. The van der Waals surface area contributed by atoms with Gasteiger partial charge in [-0.3, -0.25) is 9.59 Å². The van der Waals surface area contributed by atoms with Gasteiger partial charge in [0.05, 0.1) is 11.0 Å². The molecule has 0 aromatic heterocycles. The van der Waals surface area contributed by atoms with Crippen LogP contribution >= 0.6 is 0 Å². The number of carbonyl (C=O) groups is 2. The zero-order valence-corrected chi connectivity index (χ0v) is 15.1. The molecule has 0 heterocycles. The Balaban J connectivity index is 2.07. The van der Waals surface area contributed by atoms with E-state index in [0.717, 1.165) is 19.3 Å². The first-order valence-electron chi connectivity index (χ1n) is 9.14. The van der Waals surface area contributed by atoms with E-state index in [9.17, 15) is 19.8 Å². The number of ketones is 1. The molecule has 0 aromatic rings. The van der Waals surface area contributed by atoms with Crippen LogP contribution in [0.25, 0.3) is 0 Å². The second-order valence-electron chi connectivity index (χ2n) is 9.26. The molecule has 6 atom stereocenters. The minimum atomic E-state index is -1.09. The highest BCUT2D eigenvalue weighted by Crippen LogP contribution is 2.66. The molecule has 0 aliphatic heterocycles. The number of rotatable bonds is 2. The SMILES string of the molecule is C=C[C@]1(C)CC[C@@]2(O)[C@@H](C1)C(=O)CC1[C@](C)(C(=O)O)CCC[C@]12C. The van der Waals surface area contributed by atoms with E-state index in [1.54, 1.807) is 6.92 Å². The third-order valence-corrected chi connectivity index (χ3v) is 8.02. The van der Waals surface area contributed by atoms with E-state index >= 15 is 0 Å². The van der Waals surface area contributed by atoms with Crippen LogP contribution in [0.1, 0.15) is 65.7 Å². The summed E-state index contributed by atoms with van der Waals surface area (Å²) >= 11 is 0. The van der Waals surface area contributed by atoms with Crippen molar-refractivity contribution in [2.45, 2.75) is 71.3 Å². The minimum Gasteiger partial charge on any atom is -0.481 e. The molecule has 24 heavy (non-hydrogen) atoms. The Labute approximate surface area is 144 Å². The summed E-state index contributed by atoms with van der Waals surface area (Å²) in [5, 5.41) is 21.5. The largest absolute Gasteiger partial charge is 0.481 e. The number of allylic oxidation sites excluding steroid dienone is 1. The van der Waals surface area contributed by atoms with Crippen LogP contribution in [0.4, 0.5) is 0 Å². The summed E-state index contributed by atoms with van der Waals surface area (Å²) in [4.78, 5) is 24.9. The van der Waals surface area contributed by atoms with E-state index in [0.29, 0.717) is 19.3 Å². The lowest BCUT2D eigenvalue weighted by atomic mass is 9.41. The lowest BCUT2D eigenvalue weighted by molar-refractivity contribution is -0.230. The number of aliphatic carboxylic acids is 1. The molecular weight excluding hydrogens is 304 g/mol. The fourth-order valence-electron chi connectivity index (χ4n) is 6.08. The van der Waals surface area contributed by atoms with Gasteiger partial charge in [0, 0.05) is 17.8 Å². The normalized spacial score (nSPS) is 51.4. The fourth-order valence-corrected chi connectivity index (χ4v) is 6.08. The summed E-state index contributed by atoms with van der Waals surface area (Å²) in [6, 6.07) is 0. The molecule has 4 nitrogen and oxygen atoms in total. The Morgan fingerprint density at radius 3 is 2.46 bits per heavy atom. The van der Waals surface area contributed by atoms with E-state index in [2.05, 4.69) is 13.5 Å². The highest BCUT2D eigenvalue weighted by molar-refractivity contribution is 5.86. The van der Waals surface area contributed by atoms with E-state index < -0.39 is 28.3 Å². The van der Waals surface area contributed by atoms with Crippen molar-refractivity contribution >= 4 is 11.8 Å². The van der Waals surface area contributed by atoms with Crippen LogP contribution in [0, 0.1) is 28.1 Å². The quantitative estimate of drug-likeness (QED) is 0.757. The molecule has 1 unspecified atom stereocenters. The first-order chi connectivity index (χ1) is 11.0. The molecule has 3 rings (SSSR count). The number of Topliss-reactive ketones (excluding diaryl/α,β-unsaturated/α-hetero) is 1. The maximum atomic E-state index is 13.0. The van der Waals surface area contributed by atoms with Gasteiger partial charge < -0.3 is 10.2 Å². The second-order valence-corrected chi connectivity index (χ2v) is 9.26. The Kier molecular flexibility index (Phi) is 3.80. The average molecular weight is 334 g/mol. The van der Waals surface area contributed by atoms with Crippen molar-refractivity contribution in [3.05, 3.63) is 12.7 Å². The van der Waals surface area contributed by atoms with Crippen molar-refractivity contribution in [1.29, 1.82) is 0 Å². The van der Waals surface area contributed by atoms with Gasteiger partial charge in [-0.1, -0.05) is 26.3 Å². The van der Waals surface area contributed by atoms with E-state index in [-0.39, 0.29) is 23.5 Å². The smallest absolute Gasteiger partial charge is 0.309 e. The van der Waals surface area contributed by atoms with Gasteiger partial charge in [0.2, 0.25) is 0 Å². The Morgan fingerprint density at radius 1 is 1.21 bits per heavy atom. The van der Waals surface area contributed by atoms with Crippen molar-refractivity contribution in [2.24, 2.45) is 28.1 Å². The average Bonchev–Trinajstić information content (AvgIpc) is 2.52. The molecule has 0 radical (unpaired) electrons. The maximum Gasteiger partial charge on any atom is 0.309 e.